The smallest absolute Gasteiger partial charge is 0.348 e. The first-order valence-corrected chi connectivity index (χ1v) is 6.31. The first kappa shape index (κ1) is 15.9. The van der Waals surface area contributed by atoms with Crippen LogP contribution in [-0.2, 0) is 19.1 Å². The summed E-state index contributed by atoms with van der Waals surface area (Å²) in [5.41, 5.74) is 2.55. The van der Waals surface area contributed by atoms with E-state index in [0.29, 0.717) is 13.0 Å². The van der Waals surface area contributed by atoms with Gasteiger partial charge in [-0.15, -0.1) is 0 Å². The molecule has 1 fully saturated rings. The molecular formula is C13H23NO5. The van der Waals surface area contributed by atoms with E-state index < -0.39 is 23.0 Å². The van der Waals surface area contributed by atoms with Crippen molar-refractivity contribution < 1.29 is 24.2 Å². The summed E-state index contributed by atoms with van der Waals surface area (Å²) in [6.07, 6.45) is 0.874. The zero-order valence-corrected chi connectivity index (χ0v) is 12.0. The maximum absolute atomic E-state index is 11.7. The number of nitrogens with two attached hydrogens (primary N) is 1. The number of carboxylic acids is 1. The van der Waals surface area contributed by atoms with E-state index in [1.807, 2.05) is 6.92 Å². The Balaban J connectivity index is 3.20. The van der Waals surface area contributed by atoms with E-state index in [1.165, 1.54) is 0 Å². The molecule has 110 valence electrons. The minimum atomic E-state index is -1.54. The van der Waals surface area contributed by atoms with Crippen LogP contribution >= 0.6 is 0 Å². The number of rotatable bonds is 5. The van der Waals surface area contributed by atoms with E-state index in [9.17, 15) is 14.7 Å². The summed E-state index contributed by atoms with van der Waals surface area (Å²) in [6.45, 7) is 5.65. The molecule has 19 heavy (non-hydrogen) atoms. The van der Waals surface area contributed by atoms with Gasteiger partial charge >= 0.3 is 11.9 Å². The summed E-state index contributed by atoms with van der Waals surface area (Å²) in [5, 5.41) is 9.59. The highest BCUT2D eigenvalue weighted by atomic mass is 16.6. The lowest BCUT2D eigenvalue weighted by atomic mass is 9.64. The molecule has 1 aliphatic rings. The Kier molecular flexibility index (Phi) is 4.27. The van der Waals surface area contributed by atoms with Crippen molar-refractivity contribution in [1.82, 2.24) is 0 Å². The Morgan fingerprint density at radius 2 is 1.84 bits per heavy atom. The number of methoxy groups -OCH3 is 1. The molecule has 0 radical (unpaired) electrons. The molecule has 0 heterocycles. The Morgan fingerprint density at radius 3 is 2.26 bits per heavy atom. The minimum absolute atomic E-state index is 0.265. The van der Waals surface area contributed by atoms with Crippen LogP contribution < -0.4 is 5.73 Å². The fraction of sp³-hybridized carbons (Fsp3) is 0.846. The largest absolute Gasteiger partial charge is 0.478 e. The van der Waals surface area contributed by atoms with Gasteiger partial charge in [0, 0.05) is 17.9 Å². The molecule has 3 N–H and O–H groups in total. The van der Waals surface area contributed by atoms with Gasteiger partial charge in [-0.25, -0.2) is 4.79 Å². The van der Waals surface area contributed by atoms with Crippen LogP contribution in [0.15, 0.2) is 0 Å². The number of carbonyl (C=O) groups is 2. The summed E-state index contributed by atoms with van der Waals surface area (Å²) >= 11 is 0. The molecule has 6 heteroatoms. The zero-order chi connectivity index (χ0) is 14.9. The van der Waals surface area contributed by atoms with E-state index >= 15 is 0 Å². The highest BCUT2D eigenvalue weighted by Gasteiger charge is 2.67. The van der Waals surface area contributed by atoms with Crippen LogP contribution in [0, 0.1) is 10.8 Å². The van der Waals surface area contributed by atoms with Crippen LogP contribution in [0.25, 0.3) is 0 Å². The number of ether oxygens (including phenoxy) is 2. The highest BCUT2D eigenvalue weighted by molar-refractivity contribution is 5.84. The van der Waals surface area contributed by atoms with Crippen LogP contribution in [0.4, 0.5) is 0 Å². The third kappa shape index (κ3) is 2.23. The predicted molar refractivity (Wildman–Crippen MR) is 68.5 cm³/mol. The number of carbonyl (C=O) groups excluding carboxylic acids is 1. The summed E-state index contributed by atoms with van der Waals surface area (Å²) in [4.78, 5) is 23.2. The number of carboxylic acid groups (broad SMARTS) is 1. The topological polar surface area (TPSA) is 98.9 Å². The van der Waals surface area contributed by atoms with Crippen molar-refractivity contribution in [2.24, 2.45) is 16.6 Å². The van der Waals surface area contributed by atoms with Crippen LogP contribution in [0.3, 0.4) is 0 Å². The molecule has 0 aromatic carbocycles. The van der Waals surface area contributed by atoms with Gasteiger partial charge in [0.15, 0.2) is 0 Å². The fourth-order valence-electron chi connectivity index (χ4n) is 2.97. The Hall–Kier alpha value is -1.14. The maximum atomic E-state index is 11.7. The lowest BCUT2D eigenvalue weighted by Gasteiger charge is -2.45. The van der Waals surface area contributed by atoms with Crippen molar-refractivity contribution in [3.8, 4) is 0 Å². The Morgan fingerprint density at radius 1 is 1.26 bits per heavy atom. The number of esters is 1. The van der Waals surface area contributed by atoms with Crippen LogP contribution in [0.5, 0.6) is 0 Å². The SMILES string of the molecule is COC[C@]1(C)CC[C@@](OC(=O)CN)(C(=O)O)C1(C)C. The molecule has 1 aliphatic carbocycles. The van der Waals surface area contributed by atoms with E-state index in [2.05, 4.69) is 0 Å². The molecule has 1 rings (SSSR count). The molecular weight excluding hydrogens is 250 g/mol. The number of aliphatic carboxylic acids is 1. The van der Waals surface area contributed by atoms with Crippen molar-refractivity contribution in [2.45, 2.75) is 39.2 Å². The van der Waals surface area contributed by atoms with Gasteiger partial charge in [-0.05, 0) is 12.8 Å². The van der Waals surface area contributed by atoms with Gasteiger partial charge in [0.05, 0.1) is 13.2 Å². The Labute approximate surface area is 113 Å². The van der Waals surface area contributed by atoms with Crippen LogP contribution in [-0.4, -0.2) is 42.9 Å². The Bertz CT molecular complexity index is 381. The third-order valence-electron chi connectivity index (χ3n) is 4.81. The van der Waals surface area contributed by atoms with Crippen molar-refractivity contribution in [3.05, 3.63) is 0 Å². The minimum Gasteiger partial charge on any atom is -0.478 e. The molecule has 0 amide bonds. The summed E-state index contributed by atoms with van der Waals surface area (Å²) in [5.74, 6) is -1.82. The molecule has 6 nitrogen and oxygen atoms in total. The molecule has 0 spiro atoms. The molecule has 2 atom stereocenters. The second-order valence-electron chi connectivity index (χ2n) is 5.93. The number of hydrogen-bond donors (Lipinski definition) is 2. The van der Waals surface area contributed by atoms with Gasteiger partial charge in [0.25, 0.3) is 0 Å². The van der Waals surface area contributed by atoms with Gasteiger partial charge < -0.3 is 20.3 Å². The molecule has 1 saturated carbocycles. The molecule has 0 aromatic heterocycles. The van der Waals surface area contributed by atoms with E-state index in [4.69, 9.17) is 15.2 Å². The lowest BCUT2D eigenvalue weighted by molar-refractivity contribution is -0.196. The first-order valence-electron chi connectivity index (χ1n) is 6.31. The van der Waals surface area contributed by atoms with Gasteiger partial charge in [0.2, 0.25) is 5.60 Å². The quantitative estimate of drug-likeness (QED) is 0.718. The maximum Gasteiger partial charge on any atom is 0.348 e. The monoisotopic (exact) mass is 273 g/mol. The van der Waals surface area contributed by atoms with Crippen molar-refractivity contribution in [3.63, 3.8) is 0 Å². The summed E-state index contributed by atoms with van der Waals surface area (Å²) in [7, 11) is 1.58. The number of hydrogen-bond acceptors (Lipinski definition) is 5. The van der Waals surface area contributed by atoms with Crippen molar-refractivity contribution >= 4 is 11.9 Å². The molecule has 0 aromatic rings. The zero-order valence-electron chi connectivity index (χ0n) is 12.0. The molecule has 0 unspecified atom stereocenters. The second kappa shape index (κ2) is 5.09. The fourth-order valence-corrected chi connectivity index (χ4v) is 2.97. The van der Waals surface area contributed by atoms with Gasteiger partial charge in [-0.3, -0.25) is 4.79 Å². The molecule has 0 aliphatic heterocycles. The lowest BCUT2D eigenvalue weighted by Crippen LogP contribution is -2.56. The normalized spacial score (nSPS) is 33.1. The summed E-state index contributed by atoms with van der Waals surface area (Å²) in [6, 6.07) is 0. The van der Waals surface area contributed by atoms with Gasteiger partial charge in [-0.2, -0.15) is 0 Å². The van der Waals surface area contributed by atoms with E-state index in [0.717, 1.165) is 0 Å². The second-order valence-corrected chi connectivity index (χ2v) is 5.93. The van der Waals surface area contributed by atoms with Crippen molar-refractivity contribution in [1.29, 1.82) is 0 Å². The van der Waals surface area contributed by atoms with Crippen molar-refractivity contribution in [2.75, 3.05) is 20.3 Å². The molecule has 0 saturated heterocycles. The van der Waals surface area contributed by atoms with Gasteiger partial charge in [-0.1, -0.05) is 20.8 Å². The predicted octanol–water partition coefficient (Wildman–Crippen LogP) is 0.784. The van der Waals surface area contributed by atoms with E-state index in [-0.39, 0.29) is 18.4 Å². The van der Waals surface area contributed by atoms with E-state index in [1.54, 1.807) is 21.0 Å². The molecule has 0 bridgehead atoms. The third-order valence-corrected chi connectivity index (χ3v) is 4.81. The first-order chi connectivity index (χ1) is 8.67. The average Bonchev–Trinajstić information content (AvgIpc) is 2.51. The highest BCUT2D eigenvalue weighted by Crippen LogP contribution is 2.59. The average molecular weight is 273 g/mol. The summed E-state index contributed by atoms with van der Waals surface area (Å²) < 4.78 is 10.5. The van der Waals surface area contributed by atoms with Crippen LogP contribution in [0.2, 0.25) is 0 Å². The van der Waals surface area contributed by atoms with Crippen LogP contribution in [0.1, 0.15) is 33.6 Å². The standard InChI is InChI=1S/C13H23NO5/c1-11(2)12(3,8-18-4)5-6-13(11,10(16)17)19-9(15)7-14/h5-8,14H2,1-4H3,(H,16,17)/t12-,13+/m0/s1. The van der Waals surface area contributed by atoms with Gasteiger partial charge in [0.1, 0.15) is 0 Å².